The minimum atomic E-state index is -0.409. The first-order valence-corrected chi connectivity index (χ1v) is 9.13. The van der Waals surface area contributed by atoms with Crippen LogP contribution >= 0.6 is 15.9 Å². The summed E-state index contributed by atoms with van der Waals surface area (Å²) >= 11 is 3.53. The molecule has 0 saturated heterocycles. The Balaban J connectivity index is 1.84. The molecule has 0 unspecified atom stereocenters. The van der Waals surface area contributed by atoms with Gasteiger partial charge in [-0.2, -0.15) is 5.26 Å². The molecule has 0 fully saturated rings. The maximum absolute atomic E-state index is 12.7. The summed E-state index contributed by atoms with van der Waals surface area (Å²) in [4.78, 5) is 12.7. The van der Waals surface area contributed by atoms with Crippen LogP contribution in [0.25, 0.3) is 5.57 Å². The van der Waals surface area contributed by atoms with Gasteiger partial charge < -0.3 is 5.32 Å². The molecular formula is C21H17BrN2O. The van der Waals surface area contributed by atoms with Crippen LogP contribution in [0.5, 0.6) is 0 Å². The van der Waals surface area contributed by atoms with Gasteiger partial charge in [0.2, 0.25) is 0 Å². The molecule has 2 aromatic carbocycles. The number of rotatable bonds is 1. The predicted molar refractivity (Wildman–Crippen MR) is 101 cm³/mol. The maximum atomic E-state index is 12.7. The van der Waals surface area contributed by atoms with E-state index in [0.29, 0.717) is 6.42 Å². The van der Waals surface area contributed by atoms with Gasteiger partial charge in [0.05, 0.1) is 5.54 Å². The highest BCUT2D eigenvalue weighted by atomic mass is 79.9. The number of nitriles is 1. The molecule has 4 rings (SSSR count). The fourth-order valence-electron chi connectivity index (χ4n) is 4.00. The first-order chi connectivity index (χ1) is 12.0. The average Bonchev–Trinajstić information content (AvgIpc) is 2.92. The molecule has 25 heavy (non-hydrogen) atoms. The second-order valence-electron chi connectivity index (χ2n) is 6.85. The quantitative estimate of drug-likeness (QED) is 0.781. The van der Waals surface area contributed by atoms with Gasteiger partial charge >= 0.3 is 0 Å². The smallest absolute Gasteiger partial charge is 0.262 e. The van der Waals surface area contributed by atoms with Crippen LogP contribution in [0, 0.1) is 18.3 Å². The van der Waals surface area contributed by atoms with Crippen molar-refractivity contribution in [2.75, 3.05) is 0 Å². The number of amides is 1. The number of fused-ring (bicyclic) bond motifs is 2. The fourth-order valence-corrected chi connectivity index (χ4v) is 4.41. The van der Waals surface area contributed by atoms with Crippen molar-refractivity contribution >= 4 is 27.4 Å². The molecular weight excluding hydrogens is 376 g/mol. The Bertz CT molecular complexity index is 953. The van der Waals surface area contributed by atoms with Crippen molar-refractivity contribution < 1.29 is 4.79 Å². The Labute approximate surface area is 155 Å². The third-order valence-corrected chi connectivity index (χ3v) is 5.77. The monoisotopic (exact) mass is 392 g/mol. The van der Waals surface area contributed by atoms with Crippen LogP contribution in [-0.4, -0.2) is 5.91 Å². The highest BCUT2D eigenvalue weighted by Crippen LogP contribution is 2.46. The number of hydrogen-bond acceptors (Lipinski definition) is 2. The van der Waals surface area contributed by atoms with Gasteiger partial charge in [-0.05, 0) is 54.2 Å². The molecule has 2 aliphatic rings. The summed E-state index contributed by atoms with van der Waals surface area (Å²) in [6, 6.07) is 16.4. The Morgan fingerprint density at radius 3 is 2.68 bits per heavy atom. The number of nitrogens with one attached hydrogen (secondary N) is 1. The molecule has 1 heterocycles. The Hall–Kier alpha value is -2.38. The van der Waals surface area contributed by atoms with E-state index in [1.807, 2.05) is 37.3 Å². The van der Waals surface area contributed by atoms with Crippen LogP contribution in [0.4, 0.5) is 0 Å². The molecule has 1 N–H and O–H groups in total. The summed E-state index contributed by atoms with van der Waals surface area (Å²) in [7, 11) is 0. The Kier molecular flexibility index (Phi) is 3.77. The van der Waals surface area contributed by atoms with E-state index in [1.54, 1.807) is 0 Å². The lowest BCUT2D eigenvalue weighted by atomic mass is 9.78. The minimum absolute atomic E-state index is 0.236. The van der Waals surface area contributed by atoms with Crippen molar-refractivity contribution in [3.8, 4) is 6.07 Å². The standard InChI is InChI=1S/C21H17BrN2O/c1-13-2-4-14(5-3-13)17-11-21(24-20(25)18(17)12-23)9-8-15-10-16(22)6-7-19(15)21/h2-7,10H,8-9,11H2,1H3,(H,24,25)/t21-/m0/s1. The summed E-state index contributed by atoms with van der Waals surface area (Å²) < 4.78 is 1.05. The molecule has 4 heteroatoms. The van der Waals surface area contributed by atoms with Crippen molar-refractivity contribution in [3.05, 3.63) is 74.8 Å². The second-order valence-corrected chi connectivity index (χ2v) is 7.76. The van der Waals surface area contributed by atoms with Crippen molar-refractivity contribution in [2.24, 2.45) is 0 Å². The average molecular weight is 393 g/mol. The molecule has 2 aromatic rings. The first kappa shape index (κ1) is 16.1. The van der Waals surface area contributed by atoms with E-state index in [2.05, 4.69) is 39.4 Å². The van der Waals surface area contributed by atoms with Crippen molar-refractivity contribution in [1.82, 2.24) is 5.32 Å². The molecule has 0 aromatic heterocycles. The first-order valence-electron chi connectivity index (χ1n) is 8.34. The number of carbonyl (C=O) groups excluding carboxylic acids is 1. The van der Waals surface area contributed by atoms with Gasteiger partial charge in [-0.1, -0.05) is 51.8 Å². The lowest BCUT2D eigenvalue weighted by molar-refractivity contribution is -0.119. The van der Waals surface area contributed by atoms with E-state index >= 15 is 0 Å². The molecule has 0 bridgehead atoms. The van der Waals surface area contributed by atoms with Gasteiger partial charge in [0.1, 0.15) is 11.6 Å². The molecule has 1 spiro atoms. The van der Waals surface area contributed by atoms with Crippen LogP contribution < -0.4 is 5.32 Å². The maximum Gasteiger partial charge on any atom is 0.262 e. The molecule has 1 amide bonds. The zero-order chi connectivity index (χ0) is 17.6. The normalized spacial score (nSPS) is 21.9. The van der Waals surface area contributed by atoms with E-state index in [4.69, 9.17) is 0 Å². The topological polar surface area (TPSA) is 52.9 Å². The predicted octanol–water partition coefficient (Wildman–Crippen LogP) is 4.40. The van der Waals surface area contributed by atoms with E-state index in [0.717, 1.165) is 34.0 Å². The molecule has 1 aliphatic heterocycles. The van der Waals surface area contributed by atoms with Crippen molar-refractivity contribution in [1.29, 1.82) is 5.26 Å². The molecule has 0 radical (unpaired) electrons. The molecule has 1 atom stereocenters. The number of nitrogens with zero attached hydrogens (tertiary/aromatic N) is 1. The number of halogens is 1. The molecule has 0 saturated carbocycles. The number of hydrogen-bond donors (Lipinski definition) is 1. The van der Waals surface area contributed by atoms with Crippen LogP contribution in [-0.2, 0) is 16.8 Å². The molecule has 124 valence electrons. The van der Waals surface area contributed by atoms with Gasteiger partial charge in [0, 0.05) is 10.9 Å². The summed E-state index contributed by atoms with van der Waals surface area (Å²) in [5.74, 6) is -0.264. The van der Waals surface area contributed by atoms with Crippen LogP contribution in [0.3, 0.4) is 0 Å². The van der Waals surface area contributed by atoms with Gasteiger partial charge in [-0.3, -0.25) is 4.79 Å². The largest absolute Gasteiger partial charge is 0.342 e. The van der Waals surface area contributed by atoms with E-state index < -0.39 is 5.54 Å². The van der Waals surface area contributed by atoms with Gasteiger partial charge in [-0.25, -0.2) is 0 Å². The van der Waals surface area contributed by atoms with Crippen molar-refractivity contribution in [2.45, 2.75) is 31.7 Å². The zero-order valence-electron chi connectivity index (χ0n) is 13.9. The fraction of sp³-hybridized carbons (Fsp3) is 0.238. The van der Waals surface area contributed by atoms with E-state index in [1.165, 1.54) is 11.1 Å². The summed E-state index contributed by atoms with van der Waals surface area (Å²) in [6.07, 6.45) is 2.44. The zero-order valence-corrected chi connectivity index (χ0v) is 15.5. The van der Waals surface area contributed by atoms with Gasteiger partial charge in [0.25, 0.3) is 5.91 Å². The van der Waals surface area contributed by atoms with Crippen LogP contribution in [0.2, 0.25) is 0 Å². The van der Waals surface area contributed by atoms with Crippen molar-refractivity contribution in [3.63, 3.8) is 0 Å². The van der Waals surface area contributed by atoms with Gasteiger partial charge in [-0.15, -0.1) is 0 Å². The Morgan fingerprint density at radius 2 is 1.96 bits per heavy atom. The molecule has 1 aliphatic carbocycles. The number of carbonyl (C=O) groups is 1. The highest BCUT2D eigenvalue weighted by molar-refractivity contribution is 9.10. The lowest BCUT2D eigenvalue weighted by Crippen LogP contribution is -2.48. The van der Waals surface area contributed by atoms with Gasteiger partial charge in [0.15, 0.2) is 0 Å². The summed E-state index contributed by atoms with van der Waals surface area (Å²) in [5, 5.41) is 12.7. The number of benzene rings is 2. The molecule has 3 nitrogen and oxygen atoms in total. The van der Waals surface area contributed by atoms with E-state index in [9.17, 15) is 10.1 Å². The van der Waals surface area contributed by atoms with Crippen LogP contribution in [0.15, 0.2) is 52.5 Å². The van der Waals surface area contributed by atoms with Crippen LogP contribution in [0.1, 0.15) is 35.1 Å². The Morgan fingerprint density at radius 1 is 1.20 bits per heavy atom. The minimum Gasteiger partial charge on any atom is -0.342 e. The summed E-state index contributed by atoms with van der Waals surface area (Å²) in [5.41, 5.74) is 5.23. The summed E-state index contributed by atoms with van der Waals surface area (Å²) in [6.45, 7) is 2.03. The third-order valence-electron chi connectivity index (χ3n) is 5.28. The number of aryl methyl sites for hydroxylation is 2. The third kappa shape index (κ3) is 2.60. The second kappa shape index (κ2) is 5.86. The van der Waals surface area contributed by atoms with E-state index in [-0.39, 0.29) is 11.5 Å². The SMILES string of the molecule is Cc1ccc(C2=C(C#N)C(=O)N[C@@]3(CCc4cc(Br)ccc43)C2)cc1. The lowest BCUT2D eigenvalue weighted by Gasteiger charge is -2.37. The highest BCUT2D eigenvalue weighted by Gasteiger charge is 2.45.